The molecule has 204 valence electrons. The lowest BCUT2D eigenvalue weighted by Gasteiger charge is -2.45. The number of allylic oxidation sites excluding steroid dienone is 1. The topological polar surface area (TPSA) is 114 Å². The van der Waals surface area contributed by atoms with E-state index < -0.39 is 40.5 Å². The Balaban J connectivity index is 2.63. The van der Waals surface area contributed by atoms with Gasteiger partial charge in [0, 0.05) is 24.1 Å². The van der Waals surface area contributed by atoms with Gasteiger partial charge in [-0.1, -0.05) is 59.8 Å². The Morgan fingerprint density at radius 2 is 1.67 bits per heavy atom. The van der Waals surface area contributed by atoms with Crippen LogP contribution in [0, 0.1) is 10.8 Å². The molecule has 0 aromatic rings. The zero-order valence-corrected chi connectivity index (χ0v) is 23.1. The molecule has 2 unspecified atom stereocenters. The molecule has 8 heteroatoms. The summed E-state index contributed by atoms with van der Waals surface area (Å²) in [6, 6.07) is 0. The molecular formula is C28H46N2O6. The summed E-state index contributed by atoms with van der Waals surface area (Å²) in [7, 11) is 0. The van der Waals surface area contributed by atoms with Crippen LogP contribution in [0.1, 0.15) is 80.1 Å². The number of aliphatic carboxylic acids is 1. The van der Waals surface area contributed by atoms with Gasteiger partial charge in [-0.3, -0.25) is 14.4 Å². The zero-order valence-electron chi connectivity index (χ0n) is 23.1. The van der Waals surface area contributed by atoms with Crippen LogP contribution in [0.25, 0.3) is 0 Å². The molecule has 36 heavy (non-hydrogen) atoms. The molecule has 1 aliphatic rings. The smallest absolute Gasteiger partial charge is 0.311 e. The molecule has 8 nitrogen and oxygen atoms in total. The molecule has 0 spiro atoms. The normalized spacial score (nSPS) is 20.0. The number of nitrogens with one attached hydrogen (secondary N) is 2. The summed E-state index contributed by atoms with van der Waals surface area (Å²) in [4.78, 5) is 37.5. The van der Waals surface area contributed by atoms with E-state index in [-0.39, 0.29) is 25.1 Å². The number of unbranched alkanes of at least 4 members (excludes halogenated alkanes) is 3. The molecule has 0 aliphatic carbocycles. The van der Waals surface area contributed by atoms with Crippen LogP contribution in [0.15, 0.2) is 36.5 Å². The molecule has 0 radical (unpaired) electrons. The summed E-state index contributed by atoms with van der Waals surface area (Å²) >= 11 is 0. The van der Waals surface area contributed by atoms with Crippen molar-refractivity contribution in [2.24, 2.45) is 10.8 Å². The Labute approximate surface area is 216 Å². The van der Waals surface area contributed by atoms with Crippen LogP contribution in [0.4, 0.5) is 0 Å². The van der Waals surface area contributed by atoms with Gasteiger partial charge in [-0.05, 0) is 51.2 Å². The van der Waals surface area contributed by atoms with Crippen LogP contribution in [0.5, 0.6) is 0 Å². The van der Waals surface area contributed by atoms with Crippen molar-refractivity contribution in [1.82, 2.24) is 10.6 Å². The molecule has 0 aromatic heterocycles. The minimum atomic E-state index is -1.30. The summed E-state index contributed by atoms with van der Waals surface area (Å²) in [5.74, 6) is -2.79. The Bertz CT molecular complexity index is 860. The molecule has 1 fully saturated rings. The lowest BCUT2D eigenvalue weighted by atomic mass is 9.84. The largest absolute Gasteiger partial charge is 0.481 e. The van der Waals surface area contributed by atoms with Crippen LogP contribution in [-0.4, -0.2) is 54.5 Å². The fourth-order valence-electron chi connectivity index (χ4n) is 3.79. The van der Waals surface area contributed by atoms with Gasteiger partial charge in [0.15, 0.2) is 5.79 Å². The summed E-state index contributed by atoms with van der Waals surface area (Å²) in [6.07, 6.45) is 4.45. The van der Waals surface area contributed by atoms with E-state index in [0.717, 1.165) is 37.7 Å². The first-order valence-electron chi connectivity index (χ1n) is 12.7. The van der Waals surface area contributed by atoms with Crippen molar-refractivity contribution >= 4 is 17.8 Å². The second-order valence-corrected chi connectivity index (χ2v) is 11.1. The molecule has 3 N–H and O–H groups in total. The predicted octanol–water partition coefficient (Wildman–Crippen LogP) is 4.52. The number of carboxylic acid groups (broad SMARTS) is 1. The summed E-state index contributed by atoms with van der Waals surface area (Å²) in [5.41, 5.74) is -0.349. The van der Waals surface area contributed by atoms with E-state index in [4.69, 9.17) is 9.47 Å². The maximum Gasteiger partial charge on any atom is 0.311 e. The number of ether oxygens (including phenoxy) is 2. The molecular weight excluding hydrogens is 460 g/mol. The van der Waals surface area contributed by atoms with Crippen LogP contribution < -0.4 is 10.6 Å². The van der Waals surface area contributed by atoms with Gasteiger partial charge in [0.25, 0.3) is 5.91 Å². The monoisotopic (exact) mass is 506 g/mol. The lowest BCUT2D eigenvalue weighted by molar-refractivity contribution is -0.304. The van der Waals surface area contributed by atoms with Crippen molar-refractivity contribution in [1.29, 1.82) is 0 Å². The SMILES string of the molecule is C=C(CCCCCC)C(=C)C(=C)C(=O)NCCC(C)(CNC(=O)C1OC(C)(C)OCC1(C)C)C(=O)O. The highest BCUT2D eigenvalue weighted by molar-refractivity contribution is 5.98. The predicted molar refractivity (Wildman–Crippen MR) is 141 cm³/mol. The second-order valence-electron chi connectivity index (χ2n) is 11.1. The van der Waals surface area contributed by atoms with Gasteiger partial charge in [-0.15, -0.1) is 0 Å². The number of carbonyl (C=O) groups is 3. The summed E-state index contributed by atoms with van der Waals surface area (Å²) < 4.78 is 11.5. The van der Waals surface area contributed by atoms with Crippen molar-refractivity contribution in [3.8, 4) is 0 Å². The fraction of sp³-hybridized carbons (Fsp3) is 0.679. The average Bonchev–Trinajstić information content (AvgIpc) is 2.80. The Morgan fingerprint density at radius 3 is 2.25 bits per heavy atom. The van der Waals surface area contributed by atoms with Crippen LogP contribution in [0.2, 0.25) is 0 Å². The maximum atomic E-state index is 12.9. The highest BCUT2D eigenvalue weighted by atomic mass is 16.7. The van der Waals surface area contributed by atoms with Gasteiger partial charge in [0.2, 0.25) is 5.91 Å². The molecule has 1 aliphatic heterocycles. The number of hydrogen-bond acceptors (Lipinski definition) is 5. The second kappa shape index (κ2) is 13.2. The summed E-state index contributed by atoms with van der Waals surface area (Å²) in [6.45, 7) is 23.0. The minimum absolute atomic E-state index is 0.0963. The number of rotatable bonds is 15. The number of carbonyl (C=O) groups excluding carboxylic acids is 2. The van der Waals surface area contributed by atoms with E-state index in [0.29, 0.717) is 12.2 Å². The zero-order chi connectivity index (χ0) is 27.7. The van der Waals surface area contributed by atoms with Crippen molar-refractivity contribution < 1.29 is 29.0 Å². The van der Waals surface area contributed by atoms with Gasteiger partial charge in [-0.2, -0.15) is 0 Å². The van der Waals surface area contributed by atoms with Gasteiger partial charge in [0.1, 0.15) is 6.10 Å². The molecule has 0 aromatic carbocycles. The van der Waals surface area contributed by atoms with Crippen molar-refractivity contribution in [3.05, 3.63) is 36.5 Å². The third kappa shape index (κ3) is 9.21. The Hall–Kier alpha value is -2.45. The molecule has 0 saturated carbocycles. The van der Waals surface area contributed by atoms with E-state index in [2.05, 4.69) is 37.3 Å². The molecule has 0 bridgehead atoms. The fourth-order valence-corrected chi connectivity index (χ4v) is 3.79. The van der Waals surface area contributed by atoms with Gasteiger partial charge < -0.3 is 25.2 Å². The highest BCUT2D eigenvalue weighted by Crippen LogP contribution is 2.35. The van der Waals surface area contributed by atoms with E-state index >= 15 is 0 Å². The number of hydrogen-bond donors (Lipinski definition) is 3. The van der Waals surface area contributed by atoms with Crippen molar-refractivity contribution in [2.45, 2.75) is 92.0 Å². The van der Waals surface area contributed by atoms with E-state index in [1.54, 1.807) is 13.8 Å². The lowest BCUT2D eigenvalue weighted by Crippen LogP contribution is -2.57. The van der Waals surface area contributed by atoms with E-state index in [9.17, 15) is 19.5 Å². The molecule has 1 rings (SSSR count). The van der Waals surface area contributed by atoms with Gasteiger partial charge in [-0.25, -0.2) is 0 Å². The van der Waals surface area contributed by atoms with Crippen molar-refractivity contribution in [3.63, 3.8) is 0 Å². The van der Waals surface area contributed by atoms with E-state index in [1.165, 1.54) is 6.92 Å². The molecule has 1 heterocycles. The quantitative estimate of drug-likeness (QED) is 0.171. The molecule has 1 saturated heterocycles. The average molecular weight is 507 g/mol. The Kier molecular flexibility index (Phi) is 11.6. The molecule has 2 atom stereocenters. The van der Waals surface area contributed by atoms with Gasteiger partial charge in [0.05, 0.1) is 12.0 Å². The third-order valence-corrected chi connectivity index (χ3v) is 6.67. The number of carboxylic acids is 1. The van der Waals surface area contributed by atoms with Crippen molar-refractivity contribution in [2.75, 3.05) is 19.7 Å². The highest BCUT2D eigenvalue weighted by Gasteiger charge is 2.46. The Morgan fingerprint density at radius 1 is 1.03 bits per heavy atom. The first-order valence-corrected chi connectivity index (χ1v) is 12.7. The van der Waals surface area contributed by atoms with Crippen LogP contribution in [0.3, 0.4) is 0 Å². The first-order chi connectivity index (χ1) is 16.6. The van der Waals surface area contributed by atoms with Gasteiger partial charge >= 0.3 is 5.97 Å². The van der Waals surface area contributed by atoms with Crippen LogP contribution in [-0.2, 0) is 23.9 Å². The minimum Gasteiger partial charge on any atom is -0.481 e. The van der Waals surface area contributed by atoms with E-state index in [1.807, 2.05) is 13.8 Å². The maximum absolute atomic E-state index is 12.9. The third-order valence-electron chi connectivity index (χ3n) is 6.67. The van der Waals surface area contributed by atoms with Crippen LogP contribution >= 0.6 is 0 Å². The number of amides is 2. The first kappa shape index (κ1) is 31.6. The molecule has 2 amide bonds. The standard InChI is InChI=1S/C28H46N2O6/c1-10-11-12-13-14-19(2)20(3)21(4)23(31)29-16-15-28(9,25(33)34)17-30-24(32)22-26(5,6)18-35-27(7,8)36-22/h22H,2-4,10-18H2,1,5-9H3,(H,29,31)(H,30,32)(H,33,34). The summed E-state index contributed by atoms with van der Waals surface area (Å²) in [5, 5.41) is 15.3.